The van der Waals surface area contributed by atoms with Gasteiger partial charge in [0.2, 0.25) is 5.91 Å². The summed E-state index contributed by atoms with van der Waals surface area (Å²) in [6.07, 6.45) is 0.433. The summed E-state index contributed by atoms with van der Waals surface area (Å²) in [5.41, 5.74) is 1.35. The van der Waals surface area contributed by atoms with E-state index in [1.165, 1.54) is 0 Å². The molecule has 0 aliphatic carbocycles. The van der Waals surface area contributed by atoms with E-state index >= 15 is 0 Å². The first-order valence-corrected chi connectivity index (χ1v) is 6.23. The molecule has 0 unspecified atom stereocenters. The highest BCUT2D eigenvalue weighted by Crippen LogP contribution is 2.32. The molecule has 1 aliphatic rings. The fourth-order valence-corrected chi connectivity index (χ4v) is 2.03. The van der Waals surface area contributed by atoms with Crippen molar-refractivity contribution in [3.8, 4) is 0 Å². The predicted octanol–water partition coefficient (Wildman–Crippen LogP) is 3.28. The second-order valence-electron chi connectivity index (χ2n) is 2.88. The molecule has 0 fully saturated rings. The molecule has 88 valence electrons. The van der Waals surface area contributed by atoms with Crippen LogP contribution < -0.4 is 10.6 Å². The molecule has 1 amide bonds. The van der Waals surface area contributed by atoms with Gasteiger partial charge in [0.25, 0.3) is 0 Å². The number of nitrogens with zero attached hydrogens (tertiary/aromatic N) is 1. The number of carbonyl (C=O) groups is 1. The number of halogens is 2. The highest BCUT2D eigenvalue weighted by Gasteiger charge is 2.16. The molecule has 2 N–H and O–H groups in total. The van der Waals surface area contributed by atoms with E-state index in [1.807, 2.05) is 13.8 Å². The zero-order valence-electron chi connectivity index (χ0n) is 9.10. The number of hydrogen-bond acceptors (Lipinski definition) is 3. The molecule has 0 bridgehead atoms. The maximum atomic E-state index is 11.2. The first-order valence-electron chi connectivity index (χ1n) is 5.06. The molecule has 4 nitrogen and oxygen atoms in total. The van der Waals surface area contributed by atoms with Crippen LogP contribution in [0.3, 0.4) is 0 Å². The zero-order chi connectivity index (χ0) is 12.1. The number of nitrogens with one attached hydrogen (secondary N) is 2. The van der Waals surface area contributed by atoms with Crippen molar-refractivity contribution in [1.29, 1.82) is 0 Å². The van der Waals surface area contributed by atoms with Gasteiger partial charge < -0.3 is 10.6 Å². The fraction of sp³-hybridized carbons (Fsp3) is 0.400. The van der Waals surface area contributed by atoms with E-state index in [0.29, 0.717) is 34.1 Å². The third kappa shape index (κ3) is 3.09. The van der Waals surface area contributed by atoms with Crippen LogP contribution in [0.25, 0.3) is 0 Å². The first kappa shape index (κ1) is 13.3. The lowest BCUT2D eigenvalue weighted by atomic mass is 10.3. The van der Waals surface area contributed by atoms with Crippen LogP contribution in [0.4, 0.5) is 11.4 Å². The minimum atomic E-state index is -0.0228. The molecule has 0 aromatic carbocycles. The number of amides is 1. The maximum absolute atomic E-state index is 11.2. The van der Waals surface area contributed by atoms with Crippen LogP contribution in [0.5, 0.6) is 0 Å². The molecule has 0 radical (unpaired) electrons. The molecule has 1 aromatic heterocycles. The molecule has 1 aliphatic heterocycles. The van der Waals surface area contributed by atoms with Crippen molar-refractivity contribution in [3.05, 3.63) is 15.8 Å². The van der Waals surface area contributed by atoms with Gasteiger partial charge in [0.1, 0.15) is 4.60 Å². The van der Waals surface area contributed by atoms with Crippen LogP contribution >= 0.6 is 27.5 Å². The minimum absolute atomic E-state index is 0.0228. The number of anilines is 2. The molecule has 0 spiro atoms. The van der Waals surface area contributed by atoms with Crippen LogP contribution in [0.2, 0.25) is 5.15 Å². The molecule has 0 saturated heterocycles. The number of rotatable bonds is 0. The zero-order valence-corrected chi connectivity index (χ0v) is 11.4. The van der Waals surface area contributed by atoms with Gasteiger partial charge >= 0.3 is 0 Å². The van der Waals surface area contributed by atoms with Crippen molar-refractivity contribution in [2.75, 3.05) is 17.2 Å². The molecule has 0 saturated carbocycles. The standard InChI is InChI=1S/C8H7BrClN3O.C2H6/c9-5-3-4-7(8(10)13-5)11-2-1-6(14)12-4;1-2/h3,11H,1-2H2,(H,12,14);1-2H3. The van der Waals surface area contributed by atoms with Crippen molar-refractivity contribution in [3.63, 3.8) is 0 Å². The van der Waals surface area contributed by atoms with E-state index in [0.717, 1.165) is 0 Å². The van der Waals surface area contributed by atoms with Crippen LogP contribution in [0.1, 0.15) is 20.3 Å². The van der Waals surface area contributed by atoms with Crippen LogP contribution in [-0.2, 0) is 4.79 Å². The molecule has 16 heavy (non-hydrogen) atoms. The highest BCUT2D eigenvalue weighted by molar-refractivity contribution is 9.10. The third-order valence-corrected chi connectivity index (χ3v) is 2.55. The van der Waals surface area contributed by atoms with Crippen molar-refractivity contribution in [1.82, 2.24) is 4.98 Å². The Hall–Kier alpha value is -0.810. The fourth-order valence-electron chi connectivity index (χ4n) is 1.26. The average molecular weight is 307 g/mol. The van der Waals surface area contributed by atoms with Crippen molar-refractivity contribution in [2.24, 2.45) is 0 Å². The van der Waals surface area contributed by atoms with E-state index in [-0.39, 0.29) is 5.91 Å². The number of carbonyl (C=O) groups excluding carboxylic acids is 1. The lowest BCUT2D eigenvalue weighted by Crippen LogP contribution is -2.10. The number of aromatic nitrogens is 1. The molecule has 6 heteroatoms. The minimum Gasteiger partial charge on any atom is -0.380 e. The van der Waals surface area contributed by atoms with Crippen molar-refractivity contribution >= 4 is 44.8 Å². The van der Waals surface area contributed by atoms with Gasteiger partial charge in [-0.05, 0) is 22.0 Å². The van der Waals surface area contributed by atoms with Gasteiger partial charge in [0.05, 0.1) is 11.4 Å². The Bertz CT molecular complexity index is 398. The Labute approximate surface area is 108 Å². The lowest BCUT2D eigenvalue weighted by molar-refractivity contribution is -0.115. The molecular formula is C10H13BrClN3O. The van der Waals surface area contributed by atoms with Crippen molar-refractivity contribution in [2.45, 2.75) is 20.3 Å². The number of pyridine rings is 1. The second-order valence-corrected chi connectivity index (χ2v) is 4.05. The Morgan fingerprint density at radius 3 is 2.88 bits per heavy atom. The number of hydrogen-bond donors (Lipinski definition) is 2. The van der Waals surface area contributed by atoms with Gasteiger partial charge in [-0.2, -0.15) is 0 Å². The third-order valence-electron chi connectivity index (χ3n) is 1.87. The smallest absolute Gasteiger partial charge is 0.226 e. The second kappa shape index (κ2) is 6.06. The molecular weight excluding hydrogens is 293 g/mol. The van der Waals surface area contributed by atoms with Crippen LogP contribution in [-0.4, -0.2) is 17.4 Å². The van der Waals surface area contributed by atoms with Crippen molar-refractivity contribution < 1.29 is 4.79 Å². The van der Waals surface area contributed by atoms with E-state index in [2.05, 4.69) is 31.5 Å². The summed E-state index contributed by atoms with van der Waals surface area (Å²) in [5.74, 6) is -0.0228. The van der Waals surface area contributed by atoms with E-state index in [9.17, 15) is 4.79 Å². The molecule has 2 heterocycles. The molecule has 2 rings (SSSR count). The van der Waals surface area contributed by atoms with Gasteiger partial charge in [0.15, 0.2) is 5.15 Å². The Morgan fingerprint density at radius 1 is 1.50 bits per heavy atom. The van der Waals surface area contributed by atoms with Gasteiger partial charge in [-0.25, -0.2) is 4.98 Å². The number of fused-ring (bicyclic) bond motifs is 1. The summed E-state index contributed by atoms with van der Waals surface area (Å²) in [6, 6.07) is 1.72. The molecule has 1 aromatic rings. The predicted molar refractivity (Wildman–Crippen MR) is 70.0 cm³/mol. The summed E-state index contributed by atoms with van der Waals surface area (Å²) in [5, 5.41) is 6.16. The van der Waals surface area contributed by atoms with Crippen LogP contribution in [0.15, 0.2) is 10.7 Å². The Kier molecular flexibility index (Phi) is 5.02. The summed E-state index contributed by atoms with van der Waals surface area (Å²) in [6.45, 7) is 4.57. The summed E-state index contributed by atoms with van der Waals surface area (Å²) in [7, 11) is 0. The van der Waals surface area contributed by atoms with Gasteiger partial charge in [-0.15, -0.1) is 0 Å². The van der Waals surface area contributed by atoms with Gasteiger partial charge in [0, 0.05) is 13.0 Å². The summed E-state index contributed by atoms with van der Waals surface area (Å²) >= 11 is 9.12. The summed E-state index contributed by atoms with van der Waals surface area (Å²) < 4.78 is 0.602. The first-order chi connectivity index (χ1) is 7.66. The lowest BCUT2D eigenvalue weighted by Gasteiger charge is -2.08. The van der Waals surface area contributed by atoms with E-state index in [1.54, 1.807) is 6.07 Å². The van der Waals surface area contributed by atoms with Crippen LogP contribution in [0, 0.1) is 0 Å². The quantitative estimate of drug-likeness (QED) is 0.723. The monoisotopic (exact) mass is 305 g/mol. The van der Waals surface area contributed by atoms with E-state index < -0.39 is 0 Å². The topological polar surface area (TPSA) is 54.0 Å². The van der Waals surface area contributed by atoms with Gasteiger partial charge in [-0.1, -0.05) is 25.4 Å². The SMILES string of the molecule is CC.O=C1CCNc2c(cc(Br)nc2Cl)N1. The molecule has 0 atom stereocenters. The highest BCUT2D eigenvalue weighted by atomic mass is 79.9. The maximum Gasteiger partial charge on any atom is 0.226 e. The summed E-state index contributed by atoms with van der Waals surface area (Å²) in [4.78, 5) is 15.3. The normalized spacial score (nSPS) is 13.6. The van der Waals surface area contributed by atoms with E-state index in [4.69, 9.17) is 11.6 Å². The Balaban J connectivity index is 0.000000606. The largest absolute Gasteiger partial charge is 0.380 e. The van der Waals surface area contributed by atoms with Gasteiger partial charge in [-0.3, -0.25) is 4.79 Å². The average Bonchev–Trinajstić information content (AvgIpc) is 2.42. The Morgan fingerprint density at radius 2 is 2.19 bits per heavy atom.